The van der Waals surface area contributed by atoms with E-state index >= 15 is 0 Å². The molecule has 0 saturated carbocycles. The van der Waals surface area contributed by atoms with Crippen LogP contribution in [0.4, 0.5) is 5.69 Å². The highest BCUT2D eigenvalue weighted by molar-refractivity contribution is 7.92. The van der Waals surface area contributed by atoms with Gasteiger partial charge in [-0.2, -0.15) is 0 Å². The van der Waals surface area contributed by atoms with E-state index in [9.17, 15) is 13.2 Å². The van der Waals surface area contributed by atoms with Crippen molar-refractivity contribution in [3.63, 3.8) is 0 Å². The van der Waals surface area contributed by atoms with Crippen molar-refractivity contribution in [2.75, 3.05) is 24.6 Å². The Balaban J connectivity index is 1.99. The van der Waals surface area contributed by atoms with Crippen molar-refractivity contribution in [1.29, 1.82) is 0 Å². The van der Waals surface area contributed by atoms with E-state index < -0.39 is 16.0 Å². The zero-order valence-electron chi connectivity index (χ0n) is 17.9. The lowest BCUT2D eigenvalue weighted by atomic mass is 10.2. The molecule has 8 heteroatoms. The van der Waals surface area contributed by atoms with Crippen LogP contribution in [0, 0.1) is 0 Å². The van der Waals surface area contributed by atoms with E-state index in [0.717, 1.165) is 5.56 Å². The second kappa shape index (κ2) is 10.7. The Morgan fingerprint density at radius 2 is 1.53 bits per heavy atom. The highest BCUT2D eigenvalue weighted by atomic mass is 32.2. The van der Waals surface area contributed by atoms with Crippen molar-refractivity contribution in [2.45, 2.75) is 18.4 Å². The Hall–Kier alpha value is -3.52. The van der Waals surface area contributed by atoms with Crippen molar-refractivity contribution in [3.8, 4) is 11.5 Å². The molecule has 0 N–H and O–H groups in total. The third-order valence-electron chi connectivity index (χ3n) is 4.55. The van der Waals surface area contributed by atoms with Crippen molar-refractivity contribution >= 4 is 21.7 Å². The molecule has 0 saturated heterocycles. The number of hydrogen-bond acceptors (Lipinski definition) is 6. The summed E-state index contributed by atoms with van der Waals surface area (Å²) in [5.74, 6) is -0.0731. The predicted octanol–water partition coefficient (Wildman–Crippen LogP) is 4.03. The van der Waals surface area contributed by atoms with Crippen LogP contribution >= 0.6 is 0 Å². The molecule has 0 aliphatic heterocycles. The van der Waals surface area contributed by atoms with Gasteiger partial charge in [0.1, 0.15) is 11.5 Å². The SMILES string of the molecule is CCOC(=O)COc1cc(OC)cc(S(=O)(=O)N(Cc2ccccc2)c2ccccc2)c1. The molecule has 3 aromatic carbocycles. The third kappa shape index (κ3) is 5.79. The molecule has 32 heavy (non-hydrogen) atoms. The Morgan fingerprint density at radius 3 is 2.16 bits per heavy atom. The predicted molar refractivity (Wildman–Crippen MR) is 121 cm³/mol. The molecule has 0 unspecified atom stereocenters. The first-order valence-corrected chi connectivity index (χ1v) is 11.5. The van der Waals surface area contributed by atoms with Crippen LogP contribution in [0.1, 0.15) is 12.5 Å². The van der Waals surface area contributed by atoms with Crippen LogP contribution in [0.25, 0.3) is 0 Å². The van der Waals surface area contributed by atoms with Crippen LogP contribution in [0.2, 0.25) is 0 Å². The topological polar surface area (TPSA) is 82.1 Å². The van der Waals surface area contributed by atoms with Crippen LogP contribution in [0.5, 0.6) is 11.5 Å². The van der Waals surface area contributed by atoms with Gasteiger partial charge in [-0.1, -0.05) is 48.5 Å². The minimum atomic E-state index is -4.00. The number of rotatable bonds is 10. The van der Waals surface area contributed by atoms with Crippen molar-refractivity contribution in [2.24, 2.45) is 0 Å². The molecule has 7 nitrogen and oxygen atoms in total. The molecule has 0 bridgehead atoms. The summed E-state index contributed by atoms with van der Waals surface area (Å²) in [5, 5.41) is 0. The fourth-order valence-corrected chi connectivity index (χ4v) is 4.53. The van der Waals surface area contributed by atoms with E-state index in [-0.39, 0.29) is 36.2 Å². The molecule has 0 spiro atoms. The van der Waals surface area contributed by atoms with E-state index in [1.165, 1.54) is 29.6 Å². The summed E-state index contributed by atoms with van der Waals surface area (Å²) in [6.45, 7) is 1.72. The fraction of sp³-hybridized carbons (Fsp3) is 0.208. The number of methoxy groups -OCH3 is 1. The number of benzene rings is 3. The Kier molecular flexibility index (Phi) is 7.72. The summed E-state index contributed by atoms with van der Waals surface area (Å²) in [4.78, 5) is 11.6. The molecule has 0 aromatic heterocycles. The Bertz CT molecular complexity index is 1130. The van der Waals surface area contributed by atoms with E-state index in [4.69, 9.17) is 14.2 Å². The average Bonchev–Trinajstić information content (AvgIpc) is 2.82. The molecule has 3 rings (SSSR count). The number of hydrogen-bond donors (Lipinski definition) is 0. The number of ether oxygens (including phenoxy) is 3. The molecule has 0 fully saturated rings. The molecule has 0 heterocycles. The maximum absolute atomic E-state index is 13.7. The summed E-state index contributed by atoms with van der Waals surface area (Å²) in [6, 6.07) is 22.5. The Morgan fingerprint density at radius 1 is 0.906 bits per heavy atom. The molecule has 3 aromatic rings. The number of carbonyl (C=O) groups excluding carboxylic acids is 1. The summed E-state index contributed by atoms with van der Waals surface area (Å²) in [5.41, 5.74) is 1.36. The second-order valence-corrected chi connectivity index (χ2v) is 8.63. The number of nitrogens with zero attached hydrogens (tertiary/aromatic N) is 1. The minimum absolute atomic E-state index is 0.0181. The van der Waals surface area contributed by atoms with Gasteiger partial charge in [-0.05, 0) is 24.6 Å². The number of para-hydroxylation sites is 1. The van der Waals surface area contributed by atoms with Crippen LogP contribution in [0.15, 0.2) is 83.8 Å². The minimum Gasteiger partial charge on any atom is -0.497 e. The lowest BCUT2D eigenvalue weighted by Crippen LogP contribution is -2.30. The van der Waals surface area contributed by atoms with Gasteiger partial charge < -0.3 is 14.2 Å². The molecule has 0 aliphatic rings. The quantitative estimate of drug-likeness (QED) is 0.429. The van der Waals surface area contributed by atoms with E-state index in [0.29, 0.717) is 5.69 Å². The molecule has 168 valence electrons. The number of esters is 1. The number of sulfonamides is 1. The highest BCUT2D eigenvalue weighted by Gasteiger charge is 2.27. The van der Waals surface area contributed by atoms with Gasteiger partial charge in [0.15, 0.2) is 6.61 Å². The van der Waals surface area contributed by atoms with Gasteiger partial charge in [-0.3, -0.25) is 4.31 Å². The van der Waals surface area contributed by atoms with Crippen molar-refractivity contribution in [3.05, 3.63) is 84.4 Å². The van der Waals surface area contributed by atoms with Gasteiger partial charge in [-0.25, -0.2) is 13.2 Å². The number of carbonyl (C=O) groups is 1. The summed E-state index contributed by atoms with van der Waals surface area (Å²) < 4.78 is 44.4. The first-order valence-electron chi connectivity index (χ1n) is 10.0. The van der Waals surface area contributed by atoms with Crippen molar-refractivity contribution in [1.82, 2.24) is 0 Å². The first kappa shape index (κ1) is 23.1. The largest absolute Gasteiger partial charge is 0.497 e. The van der Waals surface area contributed by atoms with Crippen LogP contribution in [-0.2, 0) is 26.1 Å². The maximum Gasteiger partial charge on any atom is 0.344 e. The Labute approximate surface area is 188 Å². The lowest BCUT2D eigenvalue weighted by Gasteiger charge is -2.25. The first-order chi connectivity index (χ1) is 15.4. The fourth-order valence-electron chi connectivity index (χ4n) is 3.03. The molecule has 0 amide bonds. The van der Waals surface area contributed by atoms with Crippen molar-refractivity contribution < 1.29 is 27.4 Å². The van der Waals surface area contributed by atoms with Gasteiger partial charge in [0.25, 0.3) is 10.0 Å². The van der Waals surface area contributed by atoms with Gasteiger partial charge in [0.2, 0.25) is 0 Å². The van der Waals surface area contributed by atoms with Gasteiger partial charge >= 0.3 is 5.97 Å². The zero-order valence-corrected chi connectivity index (χ0v) is 18.7. The maximum atomic E-state index is 13.7. The van der Waals surface area contributed by atoms with Crippen LogP contribution in [-0.4, -0.2) is 34.7 Å². The molecule has 0 aliphatic carbocycles. The van der Waals surface area contributed by atoms with E-state index in [1.807, 2.05) is 36.4 Å². The lowest BCUT2D eigenvalue weighted by molar-refractivity contribution is -0.145. The molecular weight excluding hydrogens is 430 g/mol. The van der Waals surface area contributed by atoms with Gasteiger partial charge in [0, 0.05) is 18.2 Å². The smallest absolute Gasteiger partial charge is 0.344 e. The highest BCUT2D eigenvalue weighted by Crippen LogP contribution is 2.31. The van der Waals surface area contributed by atoms with Crippen LogP contribution < -0.4 is 13.8 Å². The normalized spacial score (nSPS) is 10.9. The van der Waals surface area contributed by atoms with Gasteiger partial charge in [-0.15, -0.1) is 0 Å². The standard InChI is InChI=1S/C24H25NO6S/c1-3-30-24(26)18-31-22-14-21(29-2)15-23(16-22)32(27,28)25(20-12-8-5-9-13-20)17-19-10-6-4-7-11-19/h4-16H,3,17-18H2,1-2H3. The molecular formula is C24H25NO6S. The van der Waals surface area contributed by atoms with Crippen LogP contribution in [0.3, 0.4) is 0 Å². The third-order valence-corrected chi connectivity index (χ3v) is 6.30. The average molecular weight is 456 g/mol. The van der Waals surface area contributed by atoms with E-state index in [1.54, 1.807) is 31.2 Å². The molecule has 0 radical (unpaired) electrons. The monoisotopic (exact) mass is 455 g/mol. The number of anilines is 1. The van der Waals surface area contributed by atoms with Gasteiger partial charge in [0.05, 0.1) is 30.8 Å². The van der Waals surface area contributed by atoms with E-state index in [2.05, 4.69) is 0 Å². The second-order valence-electron chi connectivity index (χ2n) is 6.77. The summed E-state index contributed by atoms with van der Waals surface area (Å²) in [7, 11) is -2.57. The summed E-state index contributed by atoms with van der Waals surface area (Å²) >= 11 is 0. The molecule has 0 atom stereocenters. The summed E-state index contributed by atoms with van der Waals surface area (Å²) in [6.07, 6.45) is 0. The zero-order chi connectivity index (χ0) is 23.0.